The quantitative estimate of drug-likeness (QED) is 0.190. The first-order valence-corrected chi connectivity index (χ1v) is 14.8. The molecule has 2 unspecified atom stereocenters. The van der Waals surface area contributed by atoms with Gasteiger partial charge in [0.05, 0.1) is 0 Å². The summed E-state index contributed by atoms with van der Waals surface area (Å²) in [5.74, 6) is -0.811. The molecule has 2 N–H and O–H groups in total. The van der Waals surface area contributed by atoms with E-state index < -0.39 is 29.7 Å². The van der Waals surface area contributed by atoms with E-state index in [0.29, 0.717) is 11.3 Å². The van der Waals surface area contributed by atoms with Gasteiger partial charge in [0.2, 0.25) is 5.91 Å². The van der Waals surface area contributed by atoms with Gasteiger partial charge in [-0.3, -0.25) is 9.59 Å². The number of fused-ring (bicyclic) bond motifs is 1. The predicted octanol–water partition coefficient (Wildman–Crippen LogP) is 7.29. The number of hydrogen-bond donors (Lipinski definition) is 2. The van der Waals surface area contributed by atoms with Crippen LogP contribution in [0.4, 0.5) is 10.5 Å². The molecule has 2 atom stereocenters. The van der Waals surface area contributed by atoms with E-state index in [0.717, 1.165) is 27.5 Å². The lowest BCUT2D eigenvalue weighted by molar-refractivity contribution is -0.140. The number of aryl methyl sites for hydroxylation is 2. The molecule has 3 amide bonds. The number of carbonyl (C=O) groups is 3. The van der Waals surface area contributed by atoms with Crippen molar-refractivity contribution < 1.29 is 19.1 Å². The van der Waals surface area contributed by atoms with Gasteiger partial charge in [-0.05, 0) is 68.7 Å². The van der Waals surface area contributed by atoms with Crippen molar-refractivity contribution in [3.05, 3.63) is 126 Å². The fraction of sp³-hybridized carbons (Fsp3) is 0.270. The Morgan fingerprint density at radius 1 is 0.864 bits per heavy atom. The van der Waals surface area contributed by atoms with Gasteiger partial charge in [0, 0.05) is 18.7 Å². The molecule has 4 aromatic rings. The lowest BCUT2D eigenvalue weighted by atomic mass is 9.97. The van der Waals surface area contributed by atoms with Gasteiger partial charge >= 0.3 is 6.09 Å². The first-order chi connectivity index (χ1) is 20.9. The first-order valence-electron chi connectivity index (χ1n) is 14.8. The van der Waals surface area contributed by atoms with Crippen LogP contribution in [0.15, 0.2) is 104 Å². The molecule has 228 valence electrons. The molecule has 0 saturated heterocycles. The van der Waals surface area contributed by atoms with Crippen LogP contribution in [0.5, 0.6) is 0 Å². The number of carbonyl (C=O) groups excluding carboxylic acids is 3. The summed E-state index contributed by atoms with van der Waals surface area (Å²) in [6.07, 6.45) is 1.08. The zero-order valence-corrected chi connectivity index (χ0v) is 26.1. The second-order valence-corrected chi connectivity index (χ2v) is 12.0. The van der Waals surface area contributed by atoms with E-state index in [1.54, 1.807) is 26.8 Å². The third kappa shape index (κ3) is 8.57. The summed E-state index contributed by atoms with van der Waals surface area (Å²) in [5.41, 5.74) is 3.29. The zero-order valence-electron chi connectivity index (χ0n) is 26.1. The minimum atomic E-state index is -1.01. The molecular weight excluding hydrogens is 550 g/mol. The van der Waals surface area contributed by atoms with E-state index >= 15 is 0 Å². The normalized spacial score (nSPS) is 12.6. The first kappa shape index (κ1) is 32.0. The molecule has 0 spiro atoms. The Bertz CT molecular complexity index is 1620. The van der Waals surface area contributed by atoms with Crippen LogP contribution < -0.4 is 10.6 Å². The summed E-state index contributed by atoms with van der Waals surface area (Å²) in [4.78, 5) is 43.1. The largest absolute Gasteiger partial charge is 0.444 e. The van der Waals surface area contributed by atoms with Crippen LogP contribution in [0.1, 0.15) is 49.1 Å². The summed E-state index contributed by atoms with van der Waals surface area (Å²) in [6, 6.07) is 26.9. The van der Waals surface area contributed by atoms with Crippen LogP contribution in [0.3, 0.4) is 0 Å². The fourth-order valence-electron chi connectivity index (χ4n) is 5.28. The van der Waals surface area contributed by atoms with Gasteiger partial charge in [-0.2, -0.15) is 0 Å². The van der Waals surface area contributed by atoms with Crippen LogP contribution in [0.25, 0.3) is 10.8 Å². The molecule has 0 aliphatic rings. The molecule has 7 nitrogen and oxygen atoms in total. The Hall–Kier alpha value is -4.91. The third-order valence-electron chi connectivity index (χ3n) is 7.02. The molecule has 44 heavy (non-hydrogen) atoms. The van der Waals surface area contributed by atoms with Gasteiger partial charge in [-0.15, -0.1) is 6.58 Å². The summed E-state index contributed by atoms with van der Waals surface area (Å²) < 4.78 is 5.51. The van der Waals surface area contributed by atoms with Crippen molar-refractivity contribution in [3.63, 3.8) is 0 Å². The van der Waals surface area contributed by atoms with E-state index in [1.807, 2.05) is 105 Å². The number of benzene rings is 4. The summed E-state index contributed by atoms with van der Waals surface area (Å²) in [5, 5.41) is 7.86. The van der Waals surface area contributed by atoms with Crippen LogP contribution in [0, 0.1) is 13.8 Å². The number of alkyl carbamates (subject to hydrolysis) is 1. The summed E-state index contributed by atoms with van der Waals surface area (Å²) in [6.45, 7) is 13.2. The molecule has 4 aromatic carbocycles. The summed E-state index contributed by atoms with van der Waals surface area (Å²) in [7, 11) is 0. The highest BCUT2D eigenvalue weighted by molar-refractivity contribution is 6.00. The van der Waals surface area contributed by atoms with Gasteiger partial charge in [-0.1, -0.05) is 96.1 Å². The monoisotopic (exact) mass is 591 g/mol. The maximum absolute atomic E-state index is 14.5. The van der Waals surface area contributed by atoms with Crippen molar-refractivity contribution in [2.75, 3.05) is 11.9 Å². The third-order valence-corrected chi connectivity index (χ3v) is 7.02. The zero-order chi connectivity index (χ0) is 31.9. The van der Waals surface area contributed by atoms with Crippen molar-refractivity contribution in [2.45, 2.75) is 58.7 Å². The maximum Gasteiger partial charge on any atom is 0.408 e. The highest BCUT2D eigenvalue weighted by atomic mass is 16.6. The number of anilines is 1. The number of nitrogens with zero attached hydrogens (tertiary/aromatic N) is 1. The van der Waals surface area contributed by atoms with E-state index in [2.05, 4.69) is 17.2 Å². The van der Waals surface area contributed by atoms with Gasteiger partial charge in [0.1, 0.15) is 17.7 Å². The summed E-state index contributed by atoms with van der Waals surface area (Å²) >= 11 is 0. The SMILES string of the molecule is C=CCN(C(=O)C(Cc1ccccc1)NC(=O)OC(C)(C)C)C(C(=O)Nc1ccc2ccccc2c1)c1cc(C)cc(C)c1. The molecule has 0 bridgehead atoms. The average molecular weight is 592 g/mol. The molecule has 0 aromatic heterocycles. The van der Waals surface area contributed by atoms with E-state index in [-0.39, 0.29) is 18.9 Å². The number of hydrogen-bond acceptors (Lipinski definition) is 4. The molecule has 0 saturated carbocycles. The topological polar surface area (TPSA) is 87.7 Å². The minimum Gasteiger partial charge on any atom is -0.444 e. The predicted molar refractivity (Wildman–Crippen MR) is 176 cm³/mol. The van der Waals surface area contributed by atoms with Gasteiger partial charge < -0.3 is 20.3 Å². The van der Waals surface area contributed by atoms with Crippen molar-refractivity contribution in [3.8, 4) is 0 Å². The Balaban J connectivity index is 1.75. The van der Waals surface area contributed by atoms with Crippen LogP contribution in [0.2, 0.25) is 0 Å². The molecule has 7 heteroatoms. The van der Waals surface area contributed by atoms with Crippen LogP contribution >= 0.6 is 0 Å². The van der Waals surface area contributed by atoms with Gasteiger partial charge in [0.25, 0.3) is 5.91 Å². The Kier molecular flexibility index (Phi) is 10.2. The Labute approximate surface area is 259 Å². The Morgan fingerprint density at radius 3 is 2.14 bits per heavy atom. The molecule has 0 aliphatic heterocycles. The van der Waals surface area contributed by atoms with Crippen molar-refractivity contribution >= 4 is 34.4 Å². The lowest BCUT2D eigenvalue weighted by Crippen LogP contribution is -2.53. The highest BCUT2D eigenvalue weighted by Gasteiger charge is 2.36. The highest BCUT2D eigenvalue weighted by Crippen LogP contribution is 2.28. The number of ether oxygens (including phenoxy) is 1. The van der Waals surface area contributed by atoms with Crippen molar-refractivity contribution in [2.24, 2.45) is 0 Å². The number of nitrogens with one attached hydrogen (secondary N) is 2. The number of amides is 3. The van der Waals surface area contributed by atoms with Crippen LogP contribution in [-0.2, 0) is 20.7 Å². The van der Waals surface area contributed by atoms with Gasteiger partial charge in [0.15, 0.2) is 0 Å². The molecule has 0 heterocycles. The molecule has 0 aliphatic carbocycles. The van der Waals surface area contributed by atoms with Crippen molar-refractivity contribution in [1.82, 2.24) is 10.2 Å². The molecule has 0 fully saturated rings. The molecular formula is C37H41N3O4. The second kappa shape index (κ2) is 14.0. The lowest BCUT2D eigenvalue weighted by Gasteiger charge is -2.34. The Morgan fingerprint density at radius 2 is 1.50 bits per heavy atom. The van der Waals surface area contributed by atoms with Crippen molar-refractivity contribution in [1.29, 1.82) is 0 Å². The van der Waals surface area contributed by atoms with Crippen LogP contribution in [-0.4, -0.2) is 41.0 Å². The fourth-order valence-corrected chi connectivity index (χ4v) is 5.28. The average Bonchev–Trinajstić information content (AvgIpc) is 2.95. The van der Waals surface area contributed by atoms with E-state index in [4.69, 9.17) is 4.74 Å². The minimum absolute atomic E-state index is 0.0723. The smallest absolute Gasteiger partial charge is 0.408 e. The number of rotatable bonds is 10. The molecule has 0 radical (unpaired) electrons. The maximum atomic E-state index is 14.5. The second-order valence-electron chi connectivity index (χ2n) is 12.0. The van der Waals surface area contributed by atoms with E-state index in [9.17, 15) is 14.4 Å². The van der Waals surface area contributed by atoms with E-state index in [1.165, 1.54) is 4.90 Å². The standard InChI is InChI=1S/C37H41N3O4/c1-7-19-40(35(42)32(23-27-13-9-8-10-14-27)39-36(43)44-37(4,5)6)33(30-21-25(2)20-26(3)22-30)34(41)38-31-18-17-28-15-11-12-16-29(28)24-31/h7-18,20-22,24,32-33H,1,19,23H2,2-6H3,(H,38,41)(H,39,43). The van der Waals surface area contributed by atoms with Gasteiger partial charge in [-0.25, -0.2) is 4.79 Å². The molecule has 4 rings (SSSR count).